The number of nitrogens with zero attached hydrogens (tertiary/aromatic N) is 1. The smallest absolute Gasteiger partial charge is 0.407 e. The molecule has 0 unspecified atom stereocenters. The van der Waals surface area contributed by atoms with Crippen LogP contribution in [0.1, 0.15) is 26.3 Å². The van der Waals surface area contributed by atoms with E-state index in [4.69, 9.17) is 16.3 Å². The molecular formula is C15H17ClN2O2S. The monoisotopic (exact) mass is 324 g/mol. The molecule has 1 N–H and O–H groups in total. The first-order chi connectivity index (χ1) is 9.83. The molecule has 112 valence electrons. The fourth-order valence-electron chi connectivity index (χ4n) is 1.67. The highest BCUT2D eigenvalue weighted by atomic mass is 35.5. The molecule has 0 spiro atoms. The van der Waals surface area contributed by atoms with E-state index in [1.54, 1.807) is 0 Å². The third kappa shape index (κ3) is 5.02. The van der Waals surface area contributed by atoms with Crippen LogP contribution in [0.2, 0.25) is 4.47 Å². The first-order valence-electron chi connectivity index (χ1n) is 6.53. The van der Waals surface area contributed by atoms with E-state index in [1.165, 1.54) is 11.3 Å². The zero-order valence-electron chi connectivity index (χ0n) is 12.1. The Morgan fingerprint density at radius 2 is 2.24 bits per heavy atom. The van der Waals surface area contributed by atoms with Crippen molar-refractivity contribution in [3.63, 3.8) is 0 Å². The molecule has 0 bridgehead atoms. The van der Waals surface area contributed by atoms with Crippen molar-refractivity contribution in [1.82, 2.24) is 10.3 Å². The van der Waals surface area contributed by atoms with E-state index in [2.05, 4.69) is 10.3 Å². The Bertz CT molecular complexity index is 674. The lowest BCUT2D eigenvalue weighted by Gasteiger charge is -2.19. The van der Waals surface area contributed by atoms with E-state index in [0.29, 0.717) is 11.0 Å². The Labute approximate surface area is 132 Å². The summed E-state index contributed by atoms with van der Waals surface area (Å²) in [5, 5.41) is 2.67. The van der Waals surface area contributed by atoms with E-state index in [9.17, 15) is 4.79 Å². The number of hydrogen-bond acceptors (Lipinski definition) is 4. The Hall–Kier alpha value is -1.59. The second-order valence-corrected chi connectivity index (χ2v) is 7.09. The molecule has 4 nitrogen and oxygen atoms in total. The maximum atomic E-state index is 11.5. The van der Waals surface area contributed by atoms with Crippen LogP contribution in [0.25, 0.3) is 16.3 Å². The number of carbonyl (C=O) groups excluding carboxylic acids is 1. The third-order valence-corrected chi connectivity index (χ3v) is 3.58. The van der Waals surface area contributed by atoms with Crippen LogP contribution in [-0.4, -0.2) is 23.2 Å². The molecule has 1 aromatic carbocycles. The first-order valence-corrected chi connectivity index (χ1v) is 7.72. The molecule has 0 atom stereocenters. The topological polar surface area (TPSA) is 51.2 Å². The number of thiazole rings is 1. The van der Waals surface area contributed by atoms with Crippen LogP contribution in [0, 0.1) is 0 Å². The van der Waals surface area contributed by atoms with Gasteiger partial charge in [0.15, 0.2) is 4.47 Å². The average molecular weight is 325 g/mol. The van der Waals surface area contributed by atoms with Crippen molar-refractivity contribution in [2.75, 3.05) is 6.54 Å². The van der Waals surface area contributed by atoms with Crippen LogP contribution in [0.3, 0.4) is 0 Å². The van der Waals surface area contributed by atoms with Gasteiger partial charge in [-0.2, -0.15) is 0 Å². The summed E-state index contributed by atoms with van der Waals surface area (Å²) in [6.45, 7) is 5.91. The molecule has 0 aliphatic rings. The summed E-state index contributed by atoms with van der Waals surface area (Å²) < 4.78 is 6.73. The van der Waals surface area contributed by atoms with Gasteiger partial charge in [0.1, 0.15) is 5.60 Å². The molecule has 1 aromatic heterocycles. The quantitative estimate of drug-likeness (QED) is 0.905. The molecule has 0 saturated heterocycles. The molecule has 2 aromatic rings. The summed E-state index contributed by atoms with van der Waals surface area (Å²) in [5.74, 6) is 0. The van der Waals surface area contributed by atoms with Crippen molar-refractivity contribution in [2.24, 2.45) is 0 Å². The summed E-state index contributed by atoms with van der Waals surface area (Å²) in [4.78, 5) is 15.7. The highest BCUT2D eigenvalue weighted by Gasteiger charge is 2.14. The van der Waals surface area contributed by atoms with Gasteiger partial charge in [-0.1, -0.05) is 29.8 Å². The van der Waals surface area contributed by atoms with Crippen LogP contribution in [0.5, 0.6) is 0 Å². The van der Waals surface area contributed by atoms with Gasteiger partial charge in [0.2, 0.25) is 0 Å². The second kappa shape index (κ2) is 6.45. The van der Waals surface area contributed by atoms with Crippen molar-refractivity contribution in [1.29, 1.82) is 0 Å². The van der Waals surface area contributed by atoms with Crippen LogP contribution >= 0.6 is 22.9 Å². The number of ether oxygens (including phenoxy) is 1. The second-order valence-electron chi connectivity index (χ2n) is 5.48. The molecule has 0 radical (unpaired) electrons. The molecule has 0 aliphatic heterocycles. The minimum absolute atomic E-state index is 0.413. The number of alkyl carbamates (subject to hydrolysis) is 1. The molecule has 0 fully saturated rings. The van der Waals surface area contributed by atoms with Crippen molar-refractivity contribution < 1.29 is 9.53 Å². The van der Waals surface area contributed by atoms with Crippen molar-refractivity contribution in [3.05, 3.63) is 34.3 Å². The predicted octanol–water partition coefficient (Wildman–Crippen LogP) is 4.49. The SMILES string of the molecule is CC(C)(C)OC(=O)NCC=Cc1ccc2nc(Cl)sc2c1. The van der Waals surface area contributed by atoms with Crippen molar-refractivity contribution in [3.8, 4) is 0 Å². The maximum absolute atomic E-state index is 11.5. The van der Waals surface area contributed by atoms with Gasteiger partial charge in [-0.15, -0.1) is 11.3 Å². The summed E-state index contributed by atoms with van der Waals surface area (Å²) in [5.41, 5.74) is 1.45. The van der Waals surface area contributed by atoms with Crippen molar-refractivity contribution in [2.45, 2.75) is 26.4 Å². The Kier molecular flexibility index (Phi) is 4.85. The molecule has 2 rings (SSSR count). The third-order valence-electron chi connectivity index (χ3n) is 2.46. The van der Waals surface area contributed by atoms with Gasteiger partial charge in [-0.3, -0.25) is 0 Å². The van der Waals surface area contributed by atoms with E-state index in [1.807, 2.05) is 51.1 Å². The van der Waals surface area contributed by atoms with E-state index in [0.717, 1.165) is 15.8 Å². The van der Waals surface area contributed by atoms with Gasteiger partial charge in [0.05, 0.1) is 10.2 Å². The number of fused-ring (bicyclic) bond motifs is 1. The summed E-state index contributed by atoms with van der Waals surface area (Å²) in [6.07, 6.45) is 3.38. The molecule has 6 heteroatoms. The highest BCUT2D eigenvalue weighted by Crippen LogP contribution is 2.26. The average Bonchev–Trinajstić information content (AvgIpc) is 2.71. The lowest BCUT2D eigenvalue weighted by molar-refractivity contribution is 0.0534. The number of aromatic nitrogens is 1. The zero-order valence-corrected chi connectivity index (χ0v) is 13.7. The minimum atomic E-state index is -0.482. The molecule has 0 saturated carbocycles. The molecule has 1 amide bonds. The van der Waals surface area contributed by atoms with Gasteiger partial charge < -0.3 is 10.1 Å². The number of rotatable bonds is 3. The van der Waals surface area contributed by atoms with Gasteiger partial charge in [0, 0.05) is 6.54 Å². The molecule has 1 heterocycles. The number of amides is 1. The Balaban J connectivity index is 1.89. The lowest BCUT2D eigenvalue weighted by Crippen LogP contribution is -2.32. The van der Waals surface area contributed by atoms with Gasteiger partial charge in [0.25, 0.3) is 0 Å². The Morgan fingerprint density at radius 1 is 1.48 bits per heavy atom. The van der Waals surface area contributed by atoms with Gasteiger partial charge in [-0.25, -0.2) is 9.78 Å². The molecule has 0 aliphatic carbocycles. The predicted molar refractivity (Wildman–Crippen MR) is 87.9 cm³/mol. The fourth-order valence-corrected chi connectivity index (χ4v) is 2.75. The number of carbonyl (C=O) groups is 1. The normalized spacial score (nSPS) is 12.0. The number of nitrogens with one attached hydrogen (secondary N) is 1. The first kappa shape index (κ1) is 15.8. The van der Waals surface area contributed by atoms with Crippen LogP contribution in [0.15, 0.2) is 24.3 Å². The van der Waals surface area contributed by atoms with Crippen LogP contribution in [-0.2, 0) is 4.74 Å². The molecule has 21 heavy (non-hydrogen) atoms. The highest BCUT2D eigenvalue weighted by molar-refractivity contribution is 7.22. The number of benzene rings is 1. The van der Waals surface area contributed by atoms with E-state index >= 15 is 0 Å². The lowest BCUT2D eigenvalue weighted by atomic mass is 10.2. The fraction of sp³-hybridized carbons (Fsp3) is 0.333. The van der Waals surface area contributed by atoms with Gasteiger partial charge in [-0.05, 0) is 38.5 Å². The molecular weight excluding hydrogens is 308 g/mol. The summed E-state index contributed by atoms with van der Waals surface area (Å²) in [7, 11) is 0. The standard InChI is InChI=1S/C15H17ClN2O2S/c1-15(2,3)20-14(19)17-8-4-5-10-6-7-11-12(9-10)21-13(16)18-11/h4-7,9H,8H2,1-3H3,(H,17,19). The van der Waals surface area contributed by atoms with E-state index in [-0.39, 0.29) is 0 Å². The largest absolute Gasteiger partial charge is 0.444 e. The van der Waals surface area contributed by atoms with E-state index < -0.39 is 11.7 Å². The van der Waals surface area contributed by atoms with Crippen LogP contribution in [0.4, 0.5) is 4.79 Å². The van der Waals surface area contributed by atoms with Gasteiger partial charge >= 0.3 is 6.09 Å². The summed E-state index contributed by atoms with van der Waals surface area (Å²) >= 11 is 7.33. The Morgan fingerprint density at radius 3 is 2.95 bits per heavy atom. The maximum Gasteiger partial charge on any atom is 0.407 e. The van der Waals surface area contributed by atoms with Crippen LogP contribution < -0.4 is 5.32 Å². The minimum Gasteiger partial charge on any atom is -0.444 e. The number of halogens is 1. The number of hydrogen-bond donors (Lipinski definition) is 1. The summed E-state index contributed by atoms with van der Waals surface area (Å²) in [6, 6.07) is 5.91. The zero-order chi connectivity index (χ0) is 15.5. The van der Waals surface area contributed by atoms with Crippen molar-refractivity contribution >= 4 is 45.3 Å².